The lowest BCUT2D eigenvalue weighted by molar-refractivity contribution is -0.123. The number of hydrogen-bond donors (Lipinski definition) is 1. The molecule has 6 nitrogen and oxygen atoms in total. The van der Waals surface area contributed by atoms with Crippen molar-refractivity contribution >= 4 is 18.0 Å². The molecule has 1 saturated heterocycles. The maximum atomic E-state index is 12.6. The highest BCUT2D eigenvalue weighted by Gasteiger charge is 2.33. The Morgan fingerprint density at radius 3 is 2.69 bits per heavy atom. The predicted octanol–water partition coefficient (Wildman–Crippen LogP) is 2.86. The van der Waals surface area contributed by atoms with Crippen molar-refractivity contribution < 1.29 is 19.1 Å². The van der Waals surface area contributed by atoms with Crippen LogP contribution in [-0.4, -0.2) is 30.1 Å². The predicted molar refractivity (Wildman–Crippen MR) is 95.7 cm³/mol. The van der Waals surface area contributed by atoms with Crippen LogP contribution in [-0.2, 0) is 11.3 Å². The van der Waals surface area contributed by atoms with Gasteiger partial charge in [-0.3, -0.25) is 9.69 Å². The monoisotopic (exact) mass is 350 g/mol. The summed E-state index contributed by atoms with van der Waals surface area (Å²) >= 11 is 0. The van der Waals surface area contributed by atoms with Crippen LogP contribution in [0.15, 0.2) is 48.2 Å². The zero-order valence-corrected chi connectivity index (χ0v) is 14.3. The van der Waals surface area contributed by atoms with E-state index in [0.717, 1.165) is 16.7 Å². The minimum Gasteiger partial charge on any atom is -0.486 e. The van der Waals surface area contributed by atoms with Gasteiger partial charge in [-0.1, -0.05) is 35.9 Å². The molecule has 0 bridgehead atoms. The molecule has 2 aliphatic rings. The molecule has 4 rings (SSSR count). The van der Waals surface area contributed by atoms with Crippen LogP contribution in [0.3, 0.4) is 0 Å². The topological polar surface area (TPSA) is 67.9 Å². The van der Waals surface area contributed by atoms with Crippen LogP contribution in [0.1, 0.15) is 16.7 Å². The van der Waals surface area contributed by atoms with E-state index in [2.05, 4.69) is 5.32 Å². The van der Waals surface area contributed by atoms with E-state index in [1.807, 2.05) is 37.3 Å². The lowest BCUT2D eigenvalue weighted by atomic mass is 10.1. The van der Waals surface area contributed by atoms with E-state index in [1.54, 1.807) is 18.2 Å². The molecule has 2 aliphatic heterocycles. The van der Waals surface area contributed by atoms with Crippen LogP contribution in [0.2, 0.25) is 0 Å². The summed E-state index contributed by atoms with van der Waals surface area (Å²) < 4.78 is 11.0. The van der Waals surface area contributed by atoms with E-state index >= 15 is 0 Å². The number of nitrogens with one attached hydrogen (secondary N) is 1. The molecule has 2 aromatic carbocycles. The van der Waals surface area contributed by atoms with Crippen LogP contribution < -0.4 is 14.8 Å². The number of ether oxygens (including phenoxy) is 2. The molecule has 132 valence electrons. The Bertz CT molecular complexity index is 920. The largest absolute Gasteiger partial charge is 0.486 e. The van der Waals surface area contributed by atoms with E-state index in [1.165, 1.54) is 4.90 Å². The van der Waals surface area contributed by atoms with Crippen LogP contribution in [0.4, 0.5) is 4.79 Å². The summed E-state index contributed by atoms with van der Waals surface area (Å²) in [5.41, 5.74) is 3.00. The molecule has 0 aromatic heterocycles. The van der Waals surface area contributed by atoms with E-state index in [9.17, 15) is 9.59 Å². The highest BCUT2D eigenvalue weighted by molar-refractivity contribution is 6.13. The second kappa shape index (κ2) is 6.55. The van der Waals surface area contributed by atoms with Gasteiger partial charge in [-0.25, -0.2) is 4.79 Å². The van der Waals surface area contributed by atoms with E-state index in [4.69, 9.17) is 9.47 Å². The third-order valence-corrected chi connectivity index (χ3v) is 4.26. The number of nitrogens with zero attached hydrogens (tertiary/aromatic N) is 1. The van der Waals surface area contributed by atoms with E-state index in [0.29, 0.717) is 24.7 Å². The molecule has 0 saturated carbocycles. The summed E-state index contributed by atoms with van der Waals surface area (Å²) in [4.78, 5) is 26.0. The minimum atomic E-state index is -0.416. The maximum absolute atomic E-state index is 12.6. The summed E-state index contributed by atoms with van der Waals surface area (Å²) in [6.45, 7) is 3.23. The molecule has 6 heteroatoms. The average Bonchev–Trinajstić information content (AvgIpc) is 2.89. The molecule has 0 radical (unpaired) electrons. The second-order valence-corrected chi connectivity index (χ2v) is 6.27. The van der Waals surface area contributed by atoms with Crippen molar-refractivity contribution in [1.82, 2.24) is 10.2 Å². The highest BCUT2D eigenvalue weighted by atomic mass is 16.6. The Kier molecular flexibility index (Phi) is 4.08. The Morgan fingerprint density at radius 1 is 1.08 bits per heavy atom. The van der Waals surface area contributed by atoms with Crippen molar-refractivity contribution in [2.24, 2.45) is 0 Å². The van der Waals surface area contributed by atoms with Crippen molar-refractivity contribution in [3.8, 4) is 11.5 Å². The van der Waals surface area contributed by atoms with Crippen molar-refractivity contribution in [2.45, 2.75) is 13.5 Å². The molecule has 0 atom stereocenters. The number of imide groups is 1. The number of carbonyl (C=O) groups is 2. The second-order valence-electron chi connectivity index (χ2n) is 6.27. The van der Waals surface area contributed by atoms with Crippen molar-refractivity contribution in [3.05, 3.63) is 64.9 Å². The average molecular weight is 350 g/mol. The first-order valence-electron chi connectivity index (χ1n) is 8.40. The number of amides is 3. The van der Waals surface area contributed by atoms with Gasteiger partial charge in [0, 0.05) is 0 Å². The molecule has 2 heterocycles. The lowest BCUT2D eigenvalue weighted by Gasteiger charge is -2.18. The molecular weight excluding hydrogens is 332 g/mol. The van der Waals surface area contributed by atoms with E-state index < -0.39 is 6.03 Å². The Balaban J connectivity index is 1.56. The lowest BCUT2D eigenvalue weighted by Crippen LogP contribution is -2.30. The summed E-state index contributed by atoms with van der Waals surface area (Å²) in [5, 5.41) is 2.64. The number of carbonyl (C=O) groups excluding carboxylic acids is 2. The van der Waals surface area contributed by atoms with Crippen molar-refractivity contribution in [3.63, 3.8) is 0 Å². The number of aryl methyl sites for hydroxylation is 1. The molecule has 2 aromatic rings. The zero-order chi connectivity index (χ0) is 18.1. The molecule has 0 unspecified atom stereocenters. The number of hydrogen-bond acceptors (Lipinski definition) is 4. The Labute approximate surface area is 151 Å². The molecule has 0 spiro atoms. The normalized spacial score (nSPS) is 17.6. The van der Waals surface area contributed by atoms with Gasteiger partial charge in [-0.2, -0.15) is 0 Å². The van der Waals surface area contributed by atoms with Gasteiger partial charge in [-0.15, -0.1) is 0 Å². The first-order valence-corrected chi connectivity index (χ1v) is 8.40. The SMILES string of the molecule is Cc1cccc(CN2C(=O)N/C(=C/c3ccc4c(c3)OCCO4)C2=O)c1. The number of urea groups is 1. The van der Waals surface area contributed by atoms with Crippen LogP contribution >= 0.6 is 0 Å². The minimum absolute atomic E-state index is 0.241. The van der Waals surface area contributed by atoms with Gasteiger partial charge < -0.3 is 14.8 Å². The first kappa shape index (κ1) is 16.2. The molecule has 3 amide bonds. The summed E-state index contributed by atoms with van der Waals surface area (Å²) in [6, 6.07) is 12.7. The molecule has 1 fully saturated rings. The summed E-state index contributed by atoms with van der Waals surface area (Å²) in [7, 11) is 0. The van der Waals surface area contributed by atoms with Gasteiger partial charge in [0.15, 0.2) is 11.5 Å². The quantitative estimate of drug-likeness (QED) is 0.683. The number of rotatable bonds is 3. The first-order chi connectivity index (χ1) is 12.6. The third kappa shape index (κ3) is 3.13. The van der Waals surface area contributed by atoms with Gasteiger partial charge >= 0.3 is 6.03 Å². The smallest absolute Gasteiger partial charge is 0.329 e. The standard InChI is InChI=1S/C20H18N2O4/c1-13-3-2-4-15(9-13)12-22-19(23)16(21-20(22)24)10-14-5-6-17-18(11-14)26-8-7-25-17/h2-6,9-11H,7-8,12H2,1H3,(H,21,24)/b16-10+. The van der Waals surface area contributed by atoms with E-state index in [-0.39, 0.29) is 18.1 Å². The van der Waals surface area contributed by atoms with Gasteiger partial charge in [0.2, 0.25) is 0 Å². The van der Waals surface area contributed by atoms with Gasteiger partial charge in [0.25, 0.3) is 5.91 Å². The fourth-order valence-corrected chi connectivity index (χ4v) is 3.02. The van der Waals surface area contributed by atoms with Gasteiger partial charge in [0.1, 0.15) is 18.9 Å². The summed E-state index contributed by atoms with van der Waals surface area (Å²) in [6.07, 6.45) is 1.65. The molecular formula is C20H18N2O4. The fraction of sp³-hybridized carbons (Fsp3) is 0.200. The Morgan fingerprint density at radius 2 is 1.88 bits per heavy atom. The fourth-order valence-electron chi connectivity index (χ4n) is 3.02. The van der Waals surface area contributed by atoms with Gasteiger partial charge in [0.05, 0.1) is 6.54 Å². The van der Waals surface area contributed by atoms with Crippen molar-refractivity contribution in [2.75, 3.05) is 13.2 Å². The maximum Gasteiger partial charge on any atom is 0.329 e. The number of benzene rings is 2. The Hall–Kier alpha value is -3.28. The number of fused-ring (bicyclic) bond motifs is 1. The molecule has 26 heavy (non-hydrogen) atoms. The summed E-state index contributed by atoms with van der Waals surface area (Å²) in [5.74, 6) is 0.978. The molecule has 1 N–H and O–H groups in total. The molecule has 0 aliphatic carbocycles. The van der Waals surface area contributed by atoms with Gasteiger partial charge in [-0.05, 0) is 36.3 Å². The van der Waals surface area contributed by atoms with Crippen LogP contribution in [0.5, 0.6) is 11.5 Å². The zero-order valence-electron chi connectivity index (χ0n) is 14.3. The third-order valence-electron chi connectivity index (χ3n) is 4.26. The van der Waals surface area contributed by atoms with Crippen molar-refractivity contribution in [1.29, 1.82) is 0 Å². The van der Waals surface area contributed by atoms with Crippen LogP contribution in [0.25, 0.3) is 6.08 Å². The highest BCUT2D eigenvalue weighted by Crippen LogP contribution is 2.31. The van der Waals surface area contributed by atoms with Crippen LogP contribution in [0, 0.1) is 6.92 Å².